The Bertz CT molecular complexity index is 590. The summed E-state index contributed by atoms with van der Waals surface area (Å²) in [5.74, 6) is 0.840. The molecule has 6 heteroatoms. The second-order valence-corrected chi connectivity index (χ2v) is 5.49. The van der Waals surface area contributed by atoms with Gasteiger partial charge in [0.15, 0.2) is 0 Å². The van der Waals surface area contributed by atoms with Crippen LogP contribution in [-0.4, -0.2) is 10.9 Å². The molecule has 3 N–H and O–H groups in total. The van der Waals surface area contributed by atoms with Gasteiger partial charge in [0.05, 0.1) is 12.3 Å². The fourth-order valence-electron chi connectivity index (χ4n) is 2.38. The molecule has 2 aromatic heterocycles. The molecule has 0 fully saturated rings. The Balaban J connectivity index is 1.74. The van der Waals surface area contributed by atoms with Crippen molar-refractivity contribution in [2.45, 2.75) is 31.8 Å². The number of aryl methyl sites for hydroxylation is 1. The highest BCUT2D eigenvalue weighted by atomic mass is 32.1. The third-order valence-electron chi connectivity index (χ3n) is 3.32. The SMILES string of the molecule is NCc1nc(C(=O)NC2CCCc3occc32)cs1. The van der Waals surface area contributed by atoms with Gasteiger partial charge in [-0.15, -0.1) is 11.3 Å². The Morgan fingerprint density at radius 3 is 3.32 bits per heavy atom. The molecule has 0 aliphatic heterocycles. The summed E-state index contributed by atoms with van der Waals surface area (Å²) in [6.45, 7) is 0.368. The van der Waals surface area contributed by atoms with Crippen molar-refractivity contribution in [1.82, 2.24) is 10.3 Å². The van der Waals surface area contributed by atoms with E-state index in [1.165, 1.54) is 11.3 Å². The van der Waals surface area contributed by atoms with Crippen LogP contribution in [0.15, 0.2) is 22.1 Å². The molecule has 0 saturated heterocycles. The average molecular weight is 277 g/mol. The molecule has 0 spiro atoms. The standard InChI is InChI=1S/C13H15N3O2S/c14-6-12-15-10(7-19-12)13(17)16-9-2-1-3-11-8(9)4-5-18-11/h4-5,7,9H,1-3,6,14H2,(H,16,17). The lowest BCUT2D eigenvalue weighted by Gasteiger charge is -2.22. The predicted octanol–water partition coefficient (Wildman–Crippen LogP) is 2.00. The van der Waals surface area contributed by atoms with Gasteiger partial charge < -0.3 is 15.5 Å². The van der Waals surface area contributed by atoms with Gasteiger partial charge in [-0.3, -0.25) is 4.79 Å². The highest BCUT2D eigenvalue weighted by molar-refractivity contribution is 7.09. The van der Waals surface area contributed by atoms with Gasteiger partial charge in [0, 0.05) is 23.9 Å². The summed E-state index contributed by atoms with van der Waals surface area (Å²) in [6.07, 6.45) is 4.59. The number of hydrogen-bond donors (Lipinski definition) is 2. The van der Waals surface area contributed by atoms with Crippen LogP contribution in [0.4, 0.5) is 0 Å². The zero-order valence-electron chi connectivity index (χ0n) is 10.4. The number of fused-ring (bicyclic) bond motifs is 1. The summed E-state index contributed by atoms with van der Waals surface area (Å²) >= 11 is 1.41. The molecule has 1 unspecified atom stereocenters. The molecular weight excluding hydrogens is 262 g/mol. The van der Waals surface area contributed by atoms with E-state index in [-0.39, 0.29) is 11.9 Å². The fraction of sp³-hybridized carbons (Fsp3) is 0.385. The number of carbonyl (C=O) groups excluding carboxylic acids is 1. The second-order valence-electron chi connectivity index (χ2n) is 4.55. The molecule has 1 amide bonds. The van der Waals surface area contributed by atoms with E-state index in [0.29, 0.717) is 12.2 Å². The zero-order chi connectivity index (χ0) is 13.2. The number of nitrogens with two attached hydrogens (primary N) is 1. The van der Waals surface area contributed by atoms with Gasteiger partial charge in [0.25, 0.3) is 5.91 Å². The van der Waals surface area contributed by atoms with Gasteiger partial charge >= 0.3 is 0 Å². The Kier molecular flexibility index (Phi) is 3.35. The van der Waals surface area contributed by atoms with Crippen molar-refractivity contribution in [3.05, 3.63) is 39.7 Å². The second kappa shape index (κ2) is 5.14. The van der Waals surface area contributed by atoms with Gasteiger partial charge in [-0.2, -0.15) is 0 Å². The number of furan rings is 1. The van der Waals surface area contributed by atoms with E-state index in [9.17, 15) is 4.79 Å². The molecule has 0 saturated carbocycles. The number of nitrogens with zero attached hydrogens (tertiary/aromatic N) is 1. The lowest BCUT2D eigenvalue weighted by atomic mass is 9.93. The van der Waals surface area contributed by atoms with E-state index in [1.807, 2.05) is 6.07 Å². The number of thiazole rings is 1. The number of aromatic nitrogens is 1. The topological polar surface area (TPSA) is 81.1 Å². The number of nitrogens with one attached hydrogen (secondary N) is 1. The molecule has 2 aromatic rings. The Morgan fingerprint density at radius 1 is 1.63 bits per heavy atom. The van der Waals surface area contributed by atoms with Gasteiger partial charge in [0.2, 0.25) is 0 Å². The molecule has 0 bridgehead atoms. The Hall–Kier alpha value is -1.66. The normalized spacial score (nSPS) is 18.1. The van der Waals surface area contributed by atoms with Crippen LogP contribution in [0.1, 0.15) is 45.7 Å². The largest absolute Gasteiger partial charge is 0.469 e. The fourth-order valence-corrected chi connectivity index (χ4v) is 3.03. The summed E-state index contributed by atoms with van der Waals surface area (Å²) in [4.78, 5) is 16.3. The molecule has 19 heavy (non-hydrogen) atoms. The van der Waals surface area contributed by atoms with Gasteiger partial charge in [-0.05, 0) is 18.9 Å². The molecule has 0 radical (unpaired) electrons. The lowest BCUT2D eigenvalue weighted by Crippen LogP contribution is -2.30. The summed E-state index contributed by atoms with van der Waals surface area (Å²) in [5.41, 5.74) is 7.04. The van der Waals surface area contributed by atoms with E-state index in [4.69, 9.17) is 10.2 Å². The summed E-state index contributed by atoms with van der Waals surface area (Å²) in [6, 6.07) is 1.96. The molecule has 1 atom stereocenters. The first-order valence-electron chi connectivity index (χ1n) is 6.29. The number of hydrogen-bond acceptors (Lipinski definition) is 5. The van der Waals surface area contributed by atoms with Crippen molar-refractivity contribution in [1.29, 1.82) is 0 Å². The van der Waals surface area contributed by atoms with Crippen molar-refractivity contribution in [2.75, 3.05) is 0 Å². The Labute approximate surface area is 114 Å². The van der Waals surface area contributed by atoms with Gasteiger partial charge in [0.1, 0.15) is 16.5 Å². The van der Waals surface area contributed by atoms with Crippen LogP contribution in [0.3, 0.4) is 0 Å². The van der Waals surface area contributed by atoms with E-state index in [2.05, 4.69) is 10.3 Å². The highest BCUT2D eigenvalue weighted by Crippen LogP contribution is 2.30. The minimum Gasteiger partial charge on any atom is -0.469 e. The molecule has 2 heterocycles. The van der Waals surface area contributed by atoms with Crippen molar-refractivity contribution in [3.63, 3.8) is 0 Å². The number of carbonyl (C=O) groups is 1. The monoisotopic (exact) mass is 277 g/mol. The first-order chi connectivity index (χ1) is 9.28. The van der Waals surface area contributed by atoms with Crippen molar-refractivity contribution in [3.8, 4) is 0 Å². The van der Waals surface area contributed by atoms with Crippen LogP contribution in [0.25, 0.3) is 0 Å². The maximum Gasteiger partial charge on any atom is 0.271 e. The first kappa shape index (κ1) is 12.4. The van der Waals surface area contributed by atoms with E-state index >= 15 is 0 Å². The third kappa shape index (κ3) is 2.41. The highest BCUT2D eigenvalue weighted by Gasteiger charge is 2.25. The summed E-state index contributed by atoms with van der Waals surface area (Å²) < 4.78 is 5.41. The van der Waals surface area contributed by atoms with Crippen LogP contribution in [0.2, 0.25) is 0 Å². The van der Waals surface area contributed by atoms with Crippen LogP contribution in [0, 0.1) is 0 Å². The van der Waals surface area contributed by atoms with E-state index in [0.717, 1.165) is 35.6 Å². The van der Waals surface area contributed by atoms with Crippen LogP contribution < -0.4 is 11.1 Å². The zero-order valence-corrected chi connectivity index (χ0v) is 11.2. The summed E-state index contributed by atoms with van der Waals surface area (Å²) in [5, 5.41) is 5.54. The van der Waals surface area contributed by atoms with Crippen molar-refractivity contribution >= 4 is 17.2 Å². The summed E-state index contributed by atoms with van der Waals surface area (Å²) in [7, 11) is 0. The molecule has 5 nitrogen and oxygen atoms in total. The minimum absolute atomic E-state index is 0.0260. The maximum atomic E-state index is 12.1. The number of amides is 1. The van der Waals surface area contributed by atoms with Crippen LogP contribution >= 0.6 is 11.3 Å². The number of rotatable bonds is 3. The molecule has 1 aliphatic carbocycles. The maximum absolute atomic E-state index is 12.1. The molecule has 100 valence electrons. The molecular formula is C13H15N3O2S. The Morgan fingerprint density at radius 2 is 2.53 bits per heavy atom. The van der Waals surface area contributed by atoms with Gasteiger partial charge in [-0.25, -0.2) is 4.98 Å². The minimum atomic E-state index is -0.144. The van der Waals surface area contributed by atoms with Crippen molar-refractivity contribution in [2.24, 2.45) is 5.73 Å². The molecule has 3 rings (SSSR count). The predicted molar refractivity (Wildman–Crippen MR) is 71.9 cm³/mol. The van der Waals surface area contributed by atoms with Crippen molar-refractivity contribution < 1.29 is 9.21 Å². The van der Waals surface area contributed by atoms with Gasteiger partial charge in [-0.1, -0.05) is 0 Å². The third-order valence-corrected chi connectivity index (χ3v) is 4.19. The molecule has 1 aliphatic rings. The average Bonchev–Trinajstić information content (AvgIpc) is 3.08. The lowest BCUT2D eigenvalue weighted by molar-refractivity contribution is 0.0927. The quantitative estimate of drug-likeness (QED) is 0.899. The van der Waals surface area contributed by atoms with E-state index < -0.39 is 0 Å². The smallest absolute Gasteiger partial charge is 0.271 e. The molecule has 0 aromatic carbocycles. The van der Waals surface area contributed by atoms with E-state index in [1.54, 1.807) is 11.6 Å². The van der Waals surface area contributed by atoms with Crippen LogP contribution in [-0.2, 0) is 13.0 Å². The first-order valence-corrected chi connectivity index (χ1v) is 7.17. The van der Waals surface area contributed by atoms with Crippen LogP contribution in [0.5, 0.6) is 0 Å².